The zero-order valence-electron chi connectivity index (χ0n) is 9.10. The minimum atomic E-state index is -0.635. The summed E-state index contributed by atoms with van der Waals surface area (Å²) in [4.78, 5) is 0. The third-order valence-electron chi connectivity index (χ3n) is 2.49. The minimum Gasteiger partial charge on any atom is -0.350 e. The van der Waals surface area contributed by atoms with E-state index in [-0.39, 0.29) is 5.69 Å². The Bertz CT molecular complexity index is 535. The lowest BCUT2D eigenvalue weighted by Crippen LogP contribution is -1.99. The van der Waals surface area contributed by atoms with Crippen molar-refractivity contribution < 1.29 is 8.78 Å². The van der Waals surface area contributed by atoms with Crippen molar-refractivity contribution in [3.63, 3.8) is 0 Å². The van der Waals surface area contributed by atoms with Gasteiger partial charge in [0.15, 0.2) is 0 Å². The first-order valence-corrected chi connectivity index (χ1v) is 5.43. The van der Waals surface area contributed by atoms with Crippen LogP contribution in [0.2, 0.25) is 5.02 Å². The van der Waals surface area contributed by atoms with Crippen molar-refractivity contribution in [2.45, 2.75) is 6.92 Å². The Balaban J connectivity index is 2.42. The van der Waals surface area contributed by atoms with Gasteiger partial charge in [-0.25, -0.2) is 8.78 Å². The maximum absolute atomic E-state index is 13.4. The molecule has 0 aromatic heterocycles. The first-order valence-electron chi connectivity index (χ1n) is 5.05. The molecule has 0 saturated carbocycles. The van der Waals surface area contributed by atoms with Gasteiger partial charge in [0.25, 0.3) is 0 Å². The second-order valence-electron chi connectivity index (χ2n) is 3.63. The number of hydrogen-bond acceptors (Lipinski definition) is 1. The van der Waals surface area contributed by atoms with Crippen molar-refractivity contribution >= 4 is 23.0 Å². The molecule has 0 fully saturated rings. The Morgan fingerprint density at radius 3 is 2.24 bits per heavy atom. The standard InChI is InChI=1S/C13H10ClF2N/c1-8-9(14)4-2-7-12(8)17-13-10(15)5-3-6-11(13)16/h2-7,17H,1H3. The Labute approximate surface area is 103 Å². The van der Waals surface area contributed by atoms with Crippen molar-refractivity contribution in [1.29, 1.82) is 0 Å². The summed E-state index contributed by atoms with van der Waals surface area (Å²) in [6, 6.07) is 8.88. The van der Waals surface area contributed by atoms with Crippen LogP contribution in [-0.2, 0) is 0 Å². The molecule has 88 valence electrons. The molecule has 0 atom stereocenters. The van der Waals surface area contributed by atoms with E-state index in [2.05, 4.69) is 5.32 Å². The predicted octanol–water partition coefficient (Wildman–Crippen LogP) is 4.67. The molecule has 2 aromatic carbocycles. The van der Waals surface area contributed by atoms with Gasteiger partial charge in [-0.15, -0.1) is 0 Å². The molecule has 0 spiro atoms. The smallest absolute Gasteiger partial charge is 0.149 e. The van der Waals surface area contributed by atoms with Crippen LogP contribution in [0.3, 0.4) is 0 Å². The lowest BCUT2D eigenvalue weighted by atomic mass is 10.2. The molecule has 0 aliphatic carbocycles. The second-order valence-corrected chi connectivity index (χ2v) is 4.04. The summed E-state index contributed by atoms with van der Waals surface area (Å²) < 4.78 is 26.9. The van der Waals surface area contributed by atoms with E-state index in [9.17, 15) is 8.78 Å². The Morgan fingerprint density at radius 2 is 1.59 bits per heavy atom. The van der Waals surface area contributed by atoms with Crippen LogP contribution in [0.15, 0.2) is 36.4 Å². The van der Waals surface area contributed by atoms with Gasteiger partial charge in [0.2, 0.25) is 0 Å². The molecule has 1 N–H and O–H groups in total. The summed E-state index contributed by atoms with van der Waals surface area (Å²) in [7, 11) is 0. The highest BCUT2D eigenvalue weighted by molar-refractivity contribution is 6.31. The zero-order chi connectivity index (χ0) is 12.4. The van der Waals surface area contributed by atoms with E-state index in [0.29, 0.717) is 10.7 Å². The van der Waals surface area contributed by atoms with Crippen LogP contribution in [0.1, 0.15) is 5.56 Å². The van der Waals surface area contributed by atoms with Crippen LogP contribution in [0, 0.1) is 18.6 Å². The average molecular weight is 254 g/mol. The van der Waals surface area contributed by atoms with Crippen molar-refractivity contribution in [3.05, 3.63) is 58.6 Å². The van der Waals surface area contributed by atoms with Gasteiger partial charge >= 0.3 is 0 Å². The molecule has 0 radical (unpaired) electrons. The number of para-hydroxylation sites is 1. The van der Waals surface area contributed by atoms with E-state index in [1.807, 2.05) is 0 Å². The molecule has 0 unspecified atom stereocenters. The summed E-state index contributed by atoms with van der Waals surface area (Å²) in [5.74, 6) is -1.27. The van der Waals surface area contributed by atoms with Gasteiger partial charge in [0.1, 0.15) is 17.3 Å². The molecule has 2 aromatic rings. The molecule has 0 saturated heterocycles. The SMILES string of the molecule is Cc1c(Cl)cccc1Nc1c(F)cccc1F. The number of hydrogen-bond donors (Lipinski definition) is 1. The van der Waals surface area contributed by atoms with Crippen LogP contribution < -0.4 is 5.32 Å². The molecule has 0 aliphatic heterocycles. The Morgan fingerprint density at radius 1 is 1.00 bits per heavy atom. The lowest BCUT2D eigenvalue weighted by molar-refractivity contribution is 0.591. The van der Waals surface area contributed by atoms with E-state index in [1.165, 1.54) is 18.2 Å². The molecule has 1 nitrogen and oxygen atoms in total. The van der Waals surface area contributed by atoms with E-state index in [4.69, 9.17) is 11.6 Å². The molecular weight excluding hydrogens is 244 g/mol. The zero-order valence-corrected chi connectivity index (χ0v) is 9.85. The van der Waals surface area contributed by atoms with Gasteiger partial charge < -0.3 is 5.32 Å². The van der Waals surface area contributed by atoms with Crippen LogP contribution >= 0.6 is 11.6 Å². The number of nitrogens with one attached hydrogen (secondary N) is 1. The number of rotatable bonds is 2. The van der Waals surface area contributed by atoms with Gasteiger partial charge in [-0.05, 0) is 36.8 Å². The second kappa shape index (κ2) is 4.72. The molecule has 2 rings (SSSR count). The molecule has 0 bridgehead atoms. The number of halogens is 3. The molecule has 17 heavy (non-hydrogen) atoms. The average Bonchev–Trinajstić information content (AvgIpc) is 2.29. The van der Waals surface area contributed by atoms with Crippen molar-refractivity contribution in [2.24, 2.45) is 0 Å². The predicted molar refractivity (Wildman–Crippen MR) is 65.8 cm³/mol. The van der Waals surface area contributed by atoms with Crippen LogP contribution in [0.25, 0.3) is 0 Å². The topological polar surface area (TPSA) is 12.0 Å². The lowest BCUT2D eigenvalue weighted by Gasteiger charge is -2.11. The third kappa shape index (κ3) is 2.39. The fourth-order valence-corrected chi connectivity index (χ4v) is 1.67. The minimum absolute atomic E-state index is 0.169. The Hall–Kier alpha value is -1.61. The summed E-state index contributed by atoms with van der Waals surface area (Å²) in [6.07, 6.45) is 0. The summed E-state index contributed by atoms with van der Waals surface area (Å²) in [5.41, 5.74) is 1.16. The quantitative estimate of drug-likeness (QED) is 0.820. The summed E-state index contributed by atoms with van der Waals surface area (Å²) in [5, 5.41) is 3.26. The van der Waals surface area contributed by atoms with E-state index in [0.717, 1.165) is 5.56 Å². The van der Waals surface area contributed by atoms with Crippen LogP contribution in [0.5, 0.6) is 0 Å². The molecular formula is C13H10ClF2N. The third-order valence-corrected chi connectivity index (χ3v) is 2.90. The monoisotopic (exact) mass is 253 g/mol. The fraction of sp³-hybridized carbons (Fsp3) is 0.0769. The van der Waals surface area contributed by atoms with Gasteiger partial charge in [-0.2, -0.15) is 0 Å². The van der Waals surface area contributed by atoms with Crippen molar-refractivity contribution in [3.8, 4) is 0 Å². The van der Waals surface area contributed by atoms with Gasteiger partial charge in [-0.1, -0.05) is 23.7 Å². The number of benzene rings is 2. The highest BCUT2D eigenvalue weighted by Gasteiger charge is 2.10. The van der Waals surface area contributed by atoms with Crippen molar-refractivity contribution in [2.75, 3.05) is 5.32 Å². The van der Waals surface area contributed by atoms with Crippen LogP contribution in [-0.4, -0.2) is 0 Å². The van der Waals surface area contributed by atoms with Crippen LogP contribution in [0.4, 0.5) is 20.2 Å². The molecule has 4 heteroatoms. The first-order chi connectivity index (χ1) is 8.09. The fourth-order valence-electron chi connectivity index (χ4n) is 1.49. The molecule has 0 heterocycles. The number of anilines is 2. The van der Waals surface area contributed by atoms with Gasteiger partial charge in [0, 0.05) is 10.7 Å². The largest absolute Gasteiger partial charge is 0.350 e. The first kappa shape index (κ1) is 11.9. The van der Waals surface area contributed by atoms with E-state index in [1.54, 1.807) is 25.1 Å². The molecule has 0 amide bonds. The molecule has 0 aliphatic rings. The highest BCUT2D eigenvalue weighted by atomic mass is 35.5. The maximum atomic E-state index is 13.4. The summed E-state index contributed by atoms with van der Waals surface area (Å²) in [6.45, 7) is 1.78. The van der Waals surface area contributed by atoms with Gasteiger partial charge in [-0.3, -0.25) is 0 Å². The van der Waals surface area contributed by atoms with Crippen molar-refractivity contribution in [1.82, 2.24) is 0 Å². The van der Waals surface area contributed by atoms with E-state index >= 15 is 0 Å². The maximum Gasteiger partial charge on any atom is 0.149 e. The Kier molecular flexibility index (Phi) is 3.29. The van der Waals surface area contributed by atoms with E-state index < -0.39 is 11.6 Å². The normalized spacial score (nSPS) is 10.4. The highest BCUT2D eigenvalue weighted by Crippen LogP contribution is 2.28. The van der Waals surface area contributed by atoms with Gasteiger partial charge in [0.05, 0.1) is 0 Å². The summed E-state index contributed by atoms with van der Waals surface area (Å²) >= 11 is 5.93.